The highest BCUT2D eigenvalue weighted by atomic mass is 16.5. The van der Waals surface area contributed by atoms with E-state index in [1.54, 1.807) is 18.0 Å². The minimum absolute atomic E-state index is 0.594. The van der Waals surface area contributed by atoms with E-state index in [0.717, 1.165) is 28.0 Å². The Morgan fingerprint density at radius 3 is 2.84 bits per heavy atom. The lowest BCUT2D eigenvalue weighted by molar-refractivity contribution is 0.397. The first-order chi connectivity index (χ1) is 9.20. The van der Waals surface area contributed by atoms with Crippen LogP contribution in [0.1, 0.15) is 5.69 Å². The number of hydrogen-bond donors (Lipinski definition) is 0. The number of methoxy groups -OCH3 is 1. The molecule has 3 rings (SSSR count). The van der Waals surface area contributed by atoms with Crippen LogP contribution in [0.3, 0.4) is 0 Å². The summed E-state index contributed by atoms with van der Waals surface area (Å²) in [7, 11) is 3.48. The lowest BCUT2D eigenvalue weighted by atomic mass is 10.1. The van der Waals surface area contributed by atoms with Crippen molar-refractivity contribution in [2.75, 3.05) is 7.11 Å². The molecule has 3 aromatic rings. The van der Waals surface area contributed by atoms with Crippen LogP contribution in [0.2, 0.25) is 0 Å². The van der Waals surface area contributed by atoms with E-state index in [2.05, 4.69) is 20.1 Å². The van der Waals surface area contributed by atoms with Crippen LogP contribution in [0.4, 0.5) is 0 Å². The lowest BCUT2D eigenvalue weighted by Crippen LogP contribution is -1.94. The van der Waals surface area contributed by atoms with Crippen LogP contribution in [0.25, 0.3) is 22.3 Å². The summed E-state index contributed by atoms with van der Waals surface area (Å²) >= 11 is 0. The molecule has 0 aliphatic carbocycles. The predicted molar refractivity (Wildman–Crippen MR) is 70.8 cm³/mol. The van der Waals surface area contributed by atoms with Gasteiger partial charge in [-0.3, -0.25) is 4.68 Å². The van der Waals surface area contributed by atoms with Crippen LogP contribution in [0, 0.1) is 6.92 Å². The molecule has 0 spiro atoms. The smallest absolute Gasteiger partial charge is 0.213 e. The van der Waals surface area contributed by atoms with Crippen molar-refractivity contribution in [1.29, 1.82) is 0 Å². The van der Waals surface area contributed by atoms with E-state index in [-0.39, 0.29) is 0 Å². The van der Waals surface area contributed by atoms with Crippen LogP contribution >= 0.6 is 0 Å². The van der Waals surface area contributed by atoms with Crippen molar-refractivity contribution in [3.05, 3.63) is 30.4 Å². The Labute approximate surface area is 110 Å². The molecule has 3 heterocycles. The highest BCUT2D eigenvalue weighted by Gasteiger charge is 2.14. The molecule has 0 saturated carbocycles. The Balaban J connectivity index is 2.25. The third kappa shape index (κ3) is 1.81. The van der Waals surface area contributed by atoms with Gasteiger partial charge >= 0.3 is 0 Å². The van der Waals surface area contributed by atoms with Crippen molar-refractivity contribution in [1.82, 2.24) is 24.7 Å². The van der Waals surface area contributed by atoms with Crippen LogP contribution in [0.5, 0.6) is 5.88 Å². The van der Waals surface area contributed by atoms with Crippen molar-refractivity contribution in [3.8, 4) is 17.1 Å². The van der Waals surface area contributed by atoms with Gasteiger partial charge in [0.1, 0.15) is 23.1 Å². The Hall–Kier alpha value is -2.50. The van der Waals surface area contributed by atoms with Gasteiger partial charge in [0.2, 0.25) is 5.88 Å². The van der Waals surface area contributed by atoms with Crippen molar-refractivity contribution >= 4 is 11.0 Å². The van der Waals surface area contributed by atoms with E-state index in [4.69, 9.17) is 4.74 Å². The van der Waals surface area contributed by atoms with Crippen LogP contribution in [0.15, 0.2) is 24.7 Å². The number of hydrogen-bond acceptors (Lipinski definition) is 5. The van der Waals surface area contributed by atoms with Gasteiger partial charge in [0.05, 0.1) is 19.0 Å². The summed E-state index contributed by atoms with van der Waals surface area (Å²) in [4.78, 5) is 12.7. The first-order valence-electron chi connectivity index (χ1n) is 5.85. The molecular weight excluding hydrogens is 242 g/mol. The fourth-order valence-corrected chi connectivity index (χ4v) is 2.08. The minimum Gasteiger partial charge on any atom is -0.481 e. The molecule has 0 radical (unpaired) electrons. The Morgan fingerprint density at radius 1 is 1.26 bits per heavy atom. The summed E-state index contributed by atoms with van der Waals surface area (Å²) in [6.07, 6.45) is 3.28. The Kier molecular flexibility index (Phi) is 2.63. The second-order valence-electron chi connectivity index (χ2n) is 4.22. The molecule has 19 heavy (non-hydrogen) atoms. The van der Waals surface area contributed by atoms with E-state index in [9.17, 15) is 0 Å². The molecule has 96 valence electrons. The summed E-state index contributed by atoms with van der Waals surface area (Å²) < 4.78 is 6.89. The molecule has 0 atom stereocenters. The topological polar surface area (TPSA) is 65.7 Å². The molecule has 0 unspecified atom stereocenters. The second-order valence-corrected chi connectivity index (χ2v) is 4.22. The molecular formula is C13H13N5O. The number of nitrogens with zero attached hydrogens (tertiary/aromatic N) is 5. The number of fused-ring (bicyclic) bond motifs is 1. The first-order valence-corrected chi connectivity index (χ1v) is 5.85. The molecule has 0 aliphatic rings. The van der Waals surface area contributed by atoms with Crippen molar-refractivity contribution in [3.63, 3.8) is 0 Å². The predicted octanol–water partition coefficient (Wildman–Crippen LogP) is 1.74. The van der Waals surface area contributed by atoms with Crippen molar-refractivity contribution in [2.45, 2.75) is 6.92 Å². The summed E-state index contributed by atoms with van der Waals surface area (Å²) in [5.74, 6) is 0.594. The maximum atomic E-state index is 5.12. The van der Waals surface area contributed by atoms with Gasteiger partial charge in [-0.1, -0.05) is 0 Å². The highest BCUT2D eigenvalue weighted by molar-refractivity contribution is 5.89. The van der Waals surface area contributed by atoms with E-state index in [1.807, 2.05) is 26.1 Å². The molecule has 0 amide bonds. The maximum absolute atomic E-state index is 5.12. The largest absolute Gasteiger partial charge is 0.481 e. The molecule has 0 bridgehead atoms. The van der Waals surface area contributed by atoms with Gasteiger partial charge in [-0.2, -0.15) is 5.10 Å². The zero-order valence-corrected chi connectivity index (χ0v) is 11.0. The third-order valence-corrected chi connectivity index (χ3v) is 3.04. The number of rotatable bonds is 2. The Bertz CT molecular complexity index is 750. The molecule has 0 fully saturated rings. The monoisotopic (exact) mass is 255 g/mol. The number of pyridine rings is 1. The van der Waals surface area contributed by atoms with Gasteiger partial charge < -0.3 is 4.74 Å². The SMILES string of the molecule is COc1ccc(-c2nn(C)c3cncnc23)c(C)n1. The van der Waals surface area contributed by atoms with Crippen LogP contribution in [-0.2, 0) is 7.05 Å². The molecule has 0 N–H and O–H groups in total. The zero-order chi connectivity index (χ0) is 13.4. The molecule has 0 saturated heterocycles. The number of ether oxygens (including phenoxy) is 1. The molecule has 3 aromatic heterocycles. The van der Waals surface area contributed by atoms with E-state index in [1.165, 1.54) is 6.33 Å². The van der Waals surface area contributed by atoms with Gasteiger partial charge in [-0.25, -0.2) is 15.0 Å². The van der Waals surface area contributed by atoms with Gasteiger partial charge in [-0.15, -0.1) is 0 Å². The highest BCUT2D eigenvalue weighted by Crippen LogP contribution is 2.28. The standard InChI is InChI=1S/C13H13N5O/c1-8-9(4-5-11(16-8)19-3)12-13-10(18(2)17-12)6-14-7-15-13/h4-7H,1-3H3. The van der Waals surface area contributed by atoms with Gasteiger partial charge in [0, 0.05) is 18.7 Å². The van der Waals surface area contributed by atoms with Gasteiger partial charge in [-0.05, 0) is 13.0 Å². The van der Waals surface area contributed by atoms with Crippen molar-refractivity contribution < 1.29 is 4.74 Å². The van der Waals surface area contributed by atoms with Crippen LogP contribution in [-0.4, -0.2) is 31.8 Å². The first kappa shape index (κ1) is 11.6. The zero-order valence-electron chi connectivity index (χ0n) is 11.0. The average Bonchev–Trinajstić information content (AvgIpc) is 2.76. The average molecular weight is 255 g/mol. The molecule has 0 aliphatic heterocycles. The van der Waals surface area contributed by atoms with Gasteiger partial charge in [0.15, 0.2) is 0 Å². The van der Waals surface area contributed by atoms with E-state index >= 15 is 0 Å². The molecule has 6 nitrogen and oxygen atoms in total. The maximum Gasteiger partial charge on any atom is 0.213 e. The number of aromatic nitrogens is 5. The second kappa shape index (κ2) is 4.31. The summed E-state index contributed by atoms with van der Waals surface area (Å²) in [5.41, 5.74) is 4.34. The minimum atomic E-state index is 0.594. The molecule has 0 aromatic carbocycles. The van der Waals surface area contributed by atoms with Gasteiger partial charge in [0.25, 0.3) is 0 Å². The van der Waals surface area contributed by atoms with E-state index < -0.39 is 0 Å². The summed E-state index contributed by atoms with van der Waals surface area (Å²) in [5, 5.41) is 4.51. The van der Waals surface area contributed by atoms with E-state index in [0.29, 0.717) is 5.88 Å². The fourth-order valence-electron chi connectivity index (χ4n) is 2.08. The number of aryl methyl sites for hydroxylation is 2. The quantitative estimate of drug-likeness (QED) is 0.697. The summed E-state index contributed by atoms with van der Waals surface area (Å²) in [6, 6.07) is 3.77. The Morgan fingerprint density at radius 2 is 2.11 bits per heavy atom. The third-order valence-electron chi connectivity index (χ3n) is 3.04. The van der Waals surface area contributed by atoms with Crippen molar-refractivity contribution in [2.24, 2.45) is 7.05 Å². The molecule has 6 heteroatoms. The summed E-state index contributed by atoms with van der Waals surface area (Å²) in [6.45, 7) is 1.93. The van der Waals surface area contributed by atoms with Crippen LogP contribution < -0.4 is 4.74 Å². The fraction of sp³-hybridized carbons (Fsp3) is 0.231. The lowest BCUT2D eigenvalue weighted by Gasteiger charge is -2.04. The normalized spacial score (nSPS) is 10.9.